The number of nitriles is 1. The number of likely N-dealkylation sites (tertiary alicyclic amines) is 1. The number of unbranched alkanes of at least 4 members (excludes halogenated alkanes) is 1. The Labute approximate surface area is 412 Å². The number of aliphatic hydroxyl groups excluding tert-OH is 1. The molecular formula is C51H63N11O5S2. The Morgan fingerprint density at radius 3 is 2.71 bits per heavy atom. The summed E-state index contributed by atoms with van der Waals surface area (Å²) in [6.45, 7) is 14.7. The number of carbonyl (C=O) groups is 2. The van der Waals surface area contributed by atoms with Crippen LogP contribution in [0.4, 0.5) is 10.9 Å². The van der Waals surface area contributed by atoms with E-state index in [0.29, 0.717) is 66.4 Å². The fourth-order valence-corrected chi connectivity index (χ4v) is 12.1. The van der Waals surface area contributed by atoms with E-state index < -0.39 is 17.4 Å². The van der Waals surface area contributed by atoms with Crippen LogP contribution < -0.4 is 20.7 Å². The summed E-state index contributed by atoms with van der Waals surface area (Å²) >= 11 is 3.02. The first kappa shape index (κ1) is 49.3. The van der Waals surface area contributed by atoms with Crippen molar-refractivity contribution in [3.05, 3.63) is 98.7 Å². The lowest BCUT2D eigenvalue weighted by Crippen LogP contribution is -2.47. The third kappa shape index (κ3) is 10.9. The summed E-state index contributed by atoms with van der Waals surface area (Å²) in [5, 5.41) is 38.0. The van der Waals surface area contributed by atoms with Crippen LogP contribution in [0.25, 0.3) is 10.4 Å². The Morgan fingerprint density at radius 2 is 1.96 bits per heavy atom. The number of hydrogen-bond donors (Lipinski definition) is 4. The Kier molecular flexibility index (Phi) is 15.5. The smallest absolute Gasteiger partial charge is 0.254 e. The minimum Gasteiger partial charge on any atom is -0.511 e. The molecule has 0 spiro atoms. The number of aromatic nitrogens is 4. The molecule has 0 bridgehead atoms. The van der Waals surface area contributed by atoms with Gasteiger partial charge in [0.15, 0.2) is 5.76 Å². The number of thiophene rings is 1. The van der Waals surface area contributed by atoms with Crippen LogP contribution >= 0.6 is 22.7 Å². The molecule has 4 aromatic heterocycles. The average molecular weight is 974 g/mol. The molecule has 1 aliphatic carbocycles. The van der Waals surface area contributed by atoms with Crippen LogP contribution in [0.1, 0.15) is 117 Å². The van der Waals surface area contributed by atoms with E-state index in [2.05, 4.69) is 43.2 Å². The summed E-state index contributed by atoms with van der Waals surface area (Å²) in [7, 11) is 0. The van der Waals surface area contributed by atoms with Gasteiger partial charge < -0.3 is 40.1 Å². The molecule has 5 aromatic rings. The highest BCUT2D eigenvalue weighted by atomic mass is 32.1. The van der Waals surface area contributed by atoms with Crippen LogP contribution in [0, 0.1) is 29.6 Å². The summed E-state index contributed by atoms with van der Waals surface area (Å²) in [5.74, 6) is 0.348. The summed E-state index contributed by atoms with van der Waals surface area (Å²) in [4.78, 5) is 49.8. The zero-order valence-electron chi connectivity index (χ0n) is 40.2. The first-order chi connectivity index (χ1) is 33.2. The van der Waals surface area contributed by atoms with Gasteiger partial charge in [-0.3, -0.25) is 15.0 Å². The quantitative estimate of drug-likeness (QED) is 0.0391. The second-order valence-electron chi connectivity index (χ2n) is 19.0. The van der Waals surface area contributed by atoms with Crippen LogP contribution in [0.15, 0.2) is 64.5 Å². The molecule has 0 radical (unpaired) electrons. The van der Waals surface area contributed by atoms with Gasteiger partial charge in [0.25, 0.3) is 5.88 Å². The Hall–Kier alpha value is -6.16. The van der Waals surface area contributed by atoms with E-state index in [9.17, 15) is 20.0 Å². The van der Waals surface area contributed by atoms with Crippen LogP contribution in [0.3, 0.4) is 0 Å². The van der Waals surface area contributed by atoms with Crippen molar-refractivity contribution in [1.29, 1.82) is 10.7 Å². The molecule has 16 nitrogen and oxygen atoms in total. The maximum Gasteiger partial charge on any atom is 0.254 e. The molecular weight excluding hydrogens is 911 g/mol. The number of rotatable bonds is 17. The van der Waals surface area contributed by atoms with Crippen molar-refractivity contribution >= 4 is 51.1 Å². The molecule has 3 aliphatic rings. The van der Waals surface area contributed by atoms with Crippen LogP contribution in [-0.4, -0.2) is 104 Å². The van der Waals surface area contributed by atoms with Crippen molar-refractivity contribution < 1.29 is 24.0 Å². The van der Waals surface area contributed by atoms with Crippen molar-refractivity contribution in [3.63, 3.8) is 0 Å². The van der Waals surface area contributed by atoms with Crippen LogP contribution in [0.2, 0.25) is 0 Å². The molecule has 0 saturated carbocycles. The number of nitrogens with two attached hydrogens (primary N) is 1. The van der Waals surface area contributed by atoms with E-state index in [1.165, 1.54) is 17.4 Å². The van der Waals surface area contributed by atoms with Gasteiger partial charge in [-0.25, -0.2) is 15.0 Å². The molecule has 364 valence electrons. The zero-order chi connectivity index (χ0) is 48.8. The van der Waals surface area contributed by atoms with Crippen LogP contribution in [-0.2, 0) is 28.0 Å². The van der Waals surface area contributed by atoms with Crippen molar-refractivity contribution in [3.8, 4) is 22.4 Å². The van der Waals surface area contributed by atoms with Gasteiger partial charge in [-0.15, -0.1) is 22.7 Å². The number of thiazole rings is 1. The van der Waals surface area contributed by atoms with Gasteiger partial charge >= 0.3 is 0 Å². The van der Waals surface area contributed by atoms with Gasteiger partial charge in [-0.05, 0) is 119 Å². The monoisotopic (exact) mass is 973 g/mol. The van der Waals surface area contributed by atoms with E-state index in [4.69, 9.17) is 25.4 Å². The summed E-state index contributed by atoms with van der Waals surface area (Å²) < 4.78 is 11.8. The zero-order valence-corrected chi connectivity index (χ0v) is 41.8. The van der Waals surface area contributed by atoms with E-state index in [0.717, 1.165) is 96.8 Å². The third-order valence-electron chi connectivity index (χ3n) is 13.8. The van der Waals surface area contributed by atoms with Gasteiger partial charge in [0.1, 0.15) is 28.8 Å². The lowest BCUT2D eigenvalue weighted by Gasteiger charge is -2.34. The number of ether oxygens (including phenoxy) is 1. The number of nitrogen functional groups attached to an aromatic ring is 1. The SMILES string of the molecule is Cc1ncsc1-c1ccc(CNC(=O)[C@@H]2CCCN2C(=O)C(c2cc(OCCCCN3CCCN(c4nccc(C(=N)/C=C(\O)[C@@]5(C)CCCc6sc(N)c(C#N)c65)n4)[C@@H](C)C3)no2)C(C)C)cc1. The number of hydrogen-bond acceptors (Lipinski definition) is 16. The largest absolute Gasteiger partial charge is 0.511 e. The molecule has 2 aliphatic heterocycles. The molecule has 2 saturated heterocycles. The number of allylic oxidation sites excluding steroid dienone is 2. The maximum atomic E-state index is 14.1. The normalized spacial score (nSPS) is 20.3. The fraction of sp³-hybridized carbons (Fsp3) is 0.490. The molecule has 69 heavy (non-hydrogen) atoms. The standard InChI is InChI=1S/C51H63N11O5S2/c1-31(2)44(49(65)62-22-9-11-39(62)48(64)56-28-34-13-15-35(16-14-34)46-33(4)57-30-68-46)40-26-43(59-67-40)66-24-7-6-20-60-21-10-23-61(32(3)29-60)50-55-19-17-38(58-50)37(53)25-42(63)51(5)18-8-12-41-45(51)36(27-52)47(54)69-41/h13-17,19,25-26,30-32,39,44,53,63H,6-12,18,20-24,28-29,54H2,1-5H3,(H,56,64)/b42-25-,53-37?/t32-,39-,44?,51+/m0/s1. The minimum atomic E-state index is -0.818. The van der Waals surface area contributed by atoms with Gasteiger partial charge in [-0.2, -0.15) is 5.26 Å². The van der Waals surface area contributed by atoms with Crippen molar-refractivity contribution in [2.75, 3.05) is 50.0 Å². The molecule has 6 heterocycles. The first-order valence-electron chi connectivity index (χ1n) is 24.1. The number of aliphatic hydroxyl groups is 1. The van der Waals surface area contributed by atoms with E-state index in [1.54, 1.807) is 34.6 Å². The molecule has 8 rings (SSSR count). The van der Waals surface area contributed by atoms with Gasteiger partial charge in [0.2, 0.25) is 17.8 Å². The van der Waals surface area contributed by atoms with Crippen LogP contribution in [0.5, 0.6) is 5.88 Å². The lowest BCUT2D eigenvalue weighted by molar-refractivity contribution is -0.140. The third-order valence-corrected chi connectivity index (χ3v) is 15.9. The maximum absolute atomic E-state index is 14.1. The molecule has 1 unspecified atom stereocenters. The average Bonchev–Trinajstić information content (AvgIpc) is 4.15. The van der Waals surface area contributed by atoms with Gasteiger partial charge in [0.05, 0.1) is 45.1 Å². The second kappa shape index (κ2) is 21.6. The predicted molar refractivity (Wildman–Crippen MR) is 269 cm³/mol. The lowest BCUT2D eigenvalue weighted by atomic mass is 9.71. The number of benzene rings is 1. The molecule has 5 N–H and O–H groups in total. The number of nitrogens with zero attached hydrogens (tertiary/aromatic N) is 8. The Morgan fingerprint density at radius 1 is 1.14 bits per heavy atom. The molecule has 18 heteroatoms. The van der Waals surface area contributed by atoms with E-state index in [1.807, 2.05) is 57.5 Å². The van der Waals surface area contributed by atoms with E-state index >= 15 is 0 Å². The fourth-order valence-electron chi connectivity index (χ4n) is 10.1. The number of aryl methyl sites for hydroxylation is 2. The van der Waals surface area contributed by atoms with Crippen molar-refractivity contribution in [2.45, 2.75) is 116 Å². The highest BCUT2D eigenvalue weighted by Crippen LogP contribution is 2.48. The summed E-state index contributed by atoms with van der Waals surface area (Å²) in [5.41, 5.74) is 12.0. The highest BCUT2D eigenvalue weighted by Gasteiger charge is 2.42. The molecule has 1 aromatic carbocycles. The number of nitrogens with one attached hydrogen (secondary N) is 2. The van der Waals surface area contributed by atoms with Gasteiger partial charge in [-0.1, -0.05) is 38.1 Å². The number of anilines is 2. The number of fused-ring (bicyclic) bond motifs is 1. The molecule has 2 fully saturated rings. The Bertz CT molecular complexity index is 2700. The van der Waals surface area contributed by atoms with Gasteiger partial charge in [0, 0.05) is 55.4 Å². The van der Waals surface area contributed by atoms with Crippen molar-refractivity contribution in [2.24, 2.45) is 5.92 Å². The summed E-state index contributed by atoms with van der Waals surface area (Å²) in [6.07, 6.45) is 9.41. The molecule has 2 amide bonds. The number of carbonyl (C=O) groups excluding carboxylic acids is 2. The summed E-state index contributed by atoms with van der Waals surface area (Å²) in [6, 6.07) is 13.3. The van der Waals surface area contributed by atoms with E-state index in [-0.39, 0.29) is 35.2 Å². The predicted octanol–water partition coefficient (Wildman–Crippen LogP) is 8.32. The molecule has 4 atom stereocenters. The number of amides is 2. The topological polar surface area (TPSA) is 224 Å². The minimum absolute atomic E-state index is 0.0249. The second-order valence-corrected chi connectivity index (χ2v) is 21.0. The Balaban J connectivity index is 0.793. The van der Waals surface area contributed by atoms with Crippen molar-refractivity contribution in [1.82, 2.24) is 35.2 Å². The highest BCUT2D eigenvalue weighted by molar-refractivity contribution is 7.16. The first-order valence-corrected chi connectivity index (χ1v) is 25.8.